The molecule has 0 aromatic heterocycles. The van der Waals surface area contributed by atoms with Crippen molar-refractivity contribution in [1.82, 2.24) is 9.80 Å². The summed E-state index contributed by atoms with van der Waals surface area (Å²) in [5.41, 5.74) is 0. The zero-order valence-corrected chi connectivity index (χ0v) is 15.0. The lowest BCUT2D eigenvalue weighted by Gasteiger charge is -2.26. The van der Waals surface area contributed by atoms with Crippen molar-refractivity contribution in [2.24, 2.45) is 5.92 Å². The van der Waals surface area contributed by atoms with E-state index in [0.717, 1.165) is 12.0 Å². The Bertz CT molecular complexity index is 198. The number of hydrogen-bond acceptors (Lipinski definition) is 2. The smallest absolute Gasteiger partial charge is 0.00666 e. The van der Waals surface area contributed by atoms with E-state index in [1.165, 1.54) is 58.4 Å². The van der Waals surface area contributed by atoms with Gasteiger partial charge in [0.1, 0.15) is 0 Å². The van der Waals surface area contributed by atoms with Gasteiger partial charge in [-0.2, -0.15) is 0 Å². The van der Waals surface area contributed by atoms with Crippen LogP contribution in [0.1, 0.15) is 67.2 Å². The van der Waals surface area contributed by atoms with Crippen LogP contribution in [-0.2, 0) is 0 Å². The first-order chi connectivity index (χ1) is 9.58. The normalized spacial score (nSPS) is 15.0. The van der Waals surface area contributed by atoms with E-state index in [4.69, 9.17) is 0 Å². The van der Waals surface area contributed by atoms with Gasteiger partial charge in [-0.15, -0.1) is 0 Å². The molecule has 20 heavy (non-hydrogen) atoms. The highest BCUT2D eigenvalue weighted by Crippen LogP contribution is 2.15. The Labute approximate surface area is 128 Å². The molecule has 0 aromatic rings. The van der Waals surface area contributed by atoms with Crippen LogP contribution >= 0.6 is 0 Å². The summed E-state index contributed by atoms with van der Waals surface area (Å²) in [4.78, 5) is 5.08. The number of nitrogens with zero attached hydrogens (tertiary/aromatic N) is 2. The lowest BCUT2D eigenvalue weighted by Crippen LogP contribution is -2.32. The lowest BCUT2D eigenvalue weighted by atomic mass is 9.98. The van der Waals surface area contributed by atoms with Crippen molar-refractivity contribution >= 4 is 0 Å². The topological polar surface area (TPSA) is 6.48 Å². The average molecular weight is 284 g/mol. The third-order valence-electron chi connectivity index (χ3n) is 4.63. The molecule has 0 fully saturated rings. The third kappa shape index (κ3) is 8.97. The summed E-state index contributed by atoms with van der Waals surface area (Å²) in [5.74, 6) is 0.763. The van der Waals surface area contributed by atoms with Crippen LogP contribution in [0.4, 0.5) is 0 Å². The Hall–Kier alpha value is -0.0800. The summed E-state index contributed by atoms with van der Waals surface area (Å²) in [7, 11) is 0. The summed E-state index contributed by atoms with van der Waals surface area (Å²) >= 11 is 0. The second-order valence-electron chi connectivity index (χ2n) is 6.03. The van der Waals surface area contributed by atoms with Crippen LogP contribution in [0.5, 0.6) is 0 Å². The van der Waals surface area contributed by atoms with Crippen molar-refractivity contribution < 1.29 is 0 Å². The molecule has 2 unspecified atom stereocenters. The van der Waals surface area contributed by atoms with Crippen LogP contribution in [0.2, 0.25) is 0 Å². The first kappa shape index (κ1) is 19.9. The van der Waals surface area contributed by atoms with Gasteiger partial charge in [0, 0.05) is 6.04 Å². The summed E-state index contributed by atoms with van der Waals surface area (Å²) in [5, 5.41) is 0. The molecule has 0 aromatic carbocycles. The molecular weight excluding hydrogens is 244 g/mol. The van der Waals surface area contributed by atoms with E-state index in [-0.39, 0.29) is 0 Å². The fraction of sp³-hybridized carbons (Fsp3) is 0.944. The largest absolute Gasteiger partial charge is 0.304 e. The SMILES string of the molecule is CCN(CC)CCC(C)[CH]CCCC(C)N(CC)CC. The molecule has 0 aliphatic rings. The van der Waals surface area contributed by atoms with E-state index in [2.05, 4.69) is 57.8 Å². The summed E-state index contributed by atoms with van der Waals surface area (Å²) in [6.07, 6.45) is 7.81. The van der Waals surface area contributed by atoms with Gasteiger partial charge >= 0.3 is 0 Å². The predicted octanol–water partition coefficient (Wildman–Crippen LogP) is 4.46. The molecular formula is C18H39N2. The van der Waals surface area contributed by atoms with Crippen molar-refractivity contribution in [2.75, 3.05) is 32.7 Å². The molecule has 0 aliphatic heterocycles. The van der Waals surface area contributed by atoms with E-state index in [9.17, 15) is 0 Å². The van der Waals surface area contributed by atoms with E-state index in [0.29, 0.717) is 0 Å². The maximum atomic E-state index is 2.56. The first-order valence-electron chi connectivity index (χ1n) is 8.88. The van der Waals surface area contributed by atoms with Gasteiger partial charge in [-0.05, 0) is 71.2 Å². The highest BCUT2D eigenvalue weighted by Gasteiger charge is 2.10. The molecule has 0 rings (SSSR count). The predicted molar refractivity (Wildman–Crippen MR) is 92.1 cm³/mol. The molecule has 0 saturated heterocycles. The van der Waals surface area contributed by atoms with Gasteiger partial charge in [-0.1, -0.05) is 41.0 Å². The first-order valence-corrected chi connectivity index (χ1v) is 8.88. The highest BCUT2D eigenvalue weighted by molar-refractivity contribution is 4.75. The number of unbranched alkanes of at least 4 members (excludes halogenated alkanes) is 1. The van der Waals surface area contributed by atoms with E-state index < -0.39 is 0 Å². The summed E-state index contributed by atoms with van der Waals surface area (Å²) in [6.45, 7) is 19.8. The molecule has 0 spiro atoms. The second-order valence-corrected chi connectivity index (χ2v) is 6.03. The fourth-order valence-electron chi connectivity index (χ4n) is 2.89. The quantitative estimate of drug-likeness (QED) is 0.460. The molecule has 0 heterocycles. The summed E-state index contributed by atoms with van der Waals surface area (Å²) < 4.78 is 0. The Morgan fingerprint density at radius 1 is 0.850 bits per heavy atom. The Morgan fingerprint density at radius 3 is 1.95 bits per heavy atom. The zero-order valence-electron chi connectivity index (χ0n) is 15.0. The van der Waals surface area contributed by atoms with Crippen molar-refractivity contribution in [3.63, 3.8) is 0 Å². The van der Waals surface area contributed by atoms with Crippen molar-refractivity contribution in [1.29, 1.82) is 0 Å². The van der Waals surface area contributed by atoms with Gasteiger partial charge < -0.3 is 9.80 Å². The zero-order chi connectivity index (χ0) is 15.4. The van der Waals surface area contributed by atoms with Crippen molar-refractivity contribution in [3.05, 3.63) is 6.42 Å². The molecule has 2 atom stereocenters. The Morgan fingerprint density at radius 2 is 1.45 bits per heavy atom. The van der Waals surface area contributed by atoms with E-state index in [1.807, 2.05) is 0 Å². The van der Waals surface area contributed by atoms with Gasteiger partial charge in [0.15, 0.2) is 0 Å². The molecule has 0 bridgehead atoms. The molecule has 0 saturated carbocycles. The van der Waals surface area contributed by atoms with E-state index >= 15 is 0 Å². The molecule has 2 heteroatoms. The van der Waals surface area contributed by atoms with Crippen LogP contribution in [0, 0.1) is 12.3 Å². The minimum Gasteiger partial charge on any atom is -0.304 e. The Balaban J connectivity index is 3.63. The highest BCUT2D eigenvalue weighted by atomic mass is 15.1. The van der Waals surface area contributed by atoms with Crippen molar-refractivity contribution in [3.8, 4) is 0 Å². The van der Waals surface area contributed by atoms with Gasteiger partial charge in [0.2, 0.25) is 0 Å². The lowest BCUT2D eigenvalue weighted by molar-refractivity contribution is 0.217. The van der Waals surface area contributed by atoms with Crippen molar-refractivity contribution in [2.45, 2.75) is 73.3 Å². The van der Waals surface area contributed by atoms with Crippen LogP contribution in [-0.4, -0.2) is 48.6 Å². The number of hydrogen-bond donors (Lipinski definition) is 0. The standard InChI is InChI=1S/C18H39N2/c1-7-19(8-2)16-15-17(5)13-11-12-14-18(6)20(9-3)10-4/h13,17-18H,7-12,14-16H2,1-6H3. The minimum absolute atomic E-state index is 0.740. The summed E-state index contributed by atoms with van der Waals surface area (Å²) in [6, 6.07) is 0.740. The maximum absolute atomic E-state index is 2.56. The van der Waals surface area contributed by atoms with Crippen LogP contribution in [0.25, 0.3) is 0 Å². The fourth-order valence-corrected chi connectivity index (χ4v) is 2.89. The molecule has 0 aliphatic carbocycles. The minimum atomic E-state index is 0.740. The third-order valence-corrected chi connectivity index (χ3v) is 4.63. The monoisotopic (exact) mass is 283 g/mol. The number of rotatable bonds is 13. The van der Waals surface area contributed by atoms with Crippen LogP contribution < -0.4 is 0 Å². The molecule has 1 radical (unpaired) electrons. The van der Waals surface area contributed by atoms with Crippen LogP contribution in [0.3, 0.4) is 0 Å². The van der Waals surface area contributed by atoms with Gasteiger partial charge in [0.25, 0.3) is 0 Å². The molecule has 121 valence electrons. The van der Waals surface area contributed by atoms with Gasteiger partial charge in [-0.3, -0.25) is 0 Å². The molecule has 0 amide bonds. The van der Waals surface area contributed by atoms with Gasteiger partial charge in [0.05, 0.1) is 0 Å². The average Bonchev–Trinajstić information content (AvgIpc) is 2.46. The second kappa shape index (κ2) is 12.6. The van der Waals surface area contributed by atoms with Crippen LogP contribution in [0.15, 0.2) is 0 Å². The maximum Gasteiger partial charge on any atom is 0.00666 e. The van der Waals surface area contributed by atoms with E-state index in [1.54, 1.807) is 0 Å². The Kier molecular flexibility index (Phi) is 12.6. The van der Waals surface area contributed by atoms with Gasteiger partial charge in [-0.25, -0.2) is 0 Å². The molecule has 0 N–H and O–H groups in total. The molecule has 2 nitrogen and oxygen atoms in total.